The van der Waals surface area contributed by atoms with Gasteiger partial charge in [0.2, 0.25) is 0 Å². The molecular formula is C23H30N2O3. The Morgan fingerprint density at radius 1 is 0.964 bits per heavy atom. The molecule has 0 fully saturated rings. The van der Waals surface area contributed by atoms with Crippen LogP contribution < -0.4 is 10.2 Å². The Morgan fingerprint density at radius 2 is 1.57 bits per heavy atom. The predicted octanol–water partition coefficient (Wildman–Crippen LogP) is 4.84. The average molecular weight is 383 g/mol. The van der Waals surface area contributed by atoms with E-state index in [4.69, 9.17) is 4.74 Å². The van der Waals surface area contributed by atoms with Crippen molar-refractivity contribution in [3.8, 4) is 0 Å². The second kappa shape index (κ2) is 10.5. The number of esters is 1. The van der Waals surface area contributed by atoms with Gasteiger partial charge in [-0.1, -0.05) is 26.0 Å². The summed E-state index contributed by atoms with van der Waals surface area (Å²) in [5.74, 6) is -0.378. The molecule has 0 aliphatic carbocycles. The third-order valence-electron chi connectivity index (χ3n) is 4.94. The van der Waals surface area contributed by atoms with E-state index >= 15 is 0 Å². The molecule has 1 N–H and O–H groups in total. The molecule has 2 aromatic rings. The lowest BCUT2D eigenvalue weighted by Gasteiger charge is -2.20. The van der Waals surface area contributed by atoms with Crippen LogP contribution in [-0.2, 0) is 9.53 Å². The molecule has 150 valence electrons. The minimum absolute atomic E-state index is 0.316. The molecule has 0 aliphatic rings. The number of nitrogens with zero attached hydrogens (tertiary/aromatic N) is 1. The quantitative estimate of drug-likeness (QED) is 0.630. The van der Waals surface area contributed by atoms with Crippen LogP contribution in [0.4, 0.5) is 11.4 Å². The summed E-state index contributed by atoms with van der Waals surface area (Å²) in [6, 6.07) is 15.0. The molecule has 2 rings (SSSR count). The fourth-order valence-electron chi connectivity index (χ4n) is 2.94. The van der Waals surface area contributed by atoms with Crippen molar-refractivity contribution in [3.05, 3.63) is 59.7 Å². The number of anilines is 2. The Hall–Kier alpha value is -2.82. The largest absolute Gasteiger partial charge is 0.452 e. The molecule has 0 radical (unpaired) electrons. The van der Waals surface area contributed by atoms with Crippen molar-refractivity contribution in [2.75, 3.05) is 29.9 Å². The Bertz CT molecular complexity index is 765. The van der Waals surface area contributed by atoms with Crippen molar-refractivity contribution in [2.24, 2.45) is 0 Å². The summed E-state index contributed by atoms with van der Waals surface area (Å²) in [6.45, 7) is 9.97. The first-order valence-corrected chi connectivity index (χ1v) is 9.90. The van der Waals surface area contributed by atoms with Gasteiger partial charge in [0, 0.05) is 24.5 Å². The molecule has 5 heteroatoms. The number of hydrogen-bond acceptors (Lipinski definition) is 4. The highest BCUT2D eigenvalue weighted by Gasteiger charge is 2.12. The highest BCUT2D eigenvalue weighted by atomic mass is 16.5. The van der Waals surface area contributed by atoms with E-state index in [1.165, 1.54) is 5.56 Å². The van der Waals surface area contributed by atoms with Gasteiger partial charge in [-0.05, 0) is 68.1 Å². The monoisotopic (exact) mass is 382 g/mol. The maximum atomic E-state index is 12.2. The Balaban J connectivity index is 1.85. The number of ether oxygens (including phenoxy) is 1. The van der Waals surface area contributed by atoms with Gasteiger partial charge in [0.1, 0.15) is 0 Å². The van der Waals surface area contributed by atoms with E-state index in [2.05, 4.69) is 37.9 Å². The van der Waals surface area contributed by atoms with Crippen molar-refractivity contribution in [1.82, 2.24) is 0 Å². The lowest BCUT2D eigenvalue weighted by Crippen LogP contribution is -2.22. The van der Waals surface area contributed by atoms with Gasteiger partial charge in [-0.25, -0.2) is 4.79 Å². The first kappa shape index (κ1) is 21.5. The summed E-state index contributed by atoms with van der Waals surface area (Å²) in [4.78, 5) is 26.4. The minimum atomic E-state index is -0.506. The lowest BCUT2D eigenvalue weighted by molar-refractivity contribution is -0.119. The molecule has 0 spiro atoms. The third-order valence-corrected chi connectivity index (χ3v) is 4.94. The Morgan fingerprint density at radius 3 is 2.11 bits per heavy atom. The lowest BCUT2D eigenvalue weighted by atomic mass is 9.99. The molecule has 5 nitrogen and oxygen atoms in total. The molecule has 0 bridgehead atoms. The maximum absolute atomic E-state index is 12.2. The van der Waals surface area contributed by atoms with E-state index in [0.717, 1.165) is 25.2 Å². The van der Waals surface area contributed by atoms with E-state index in [1.807, 2.05) is 36.4 Å². The summed E-state index contributed by atoms with van der Waals surface area (Å²) < 4.78 is 5.13. The van der Waals surface area contributed by atoms with Crippen molar-refractivity contribution in [3.63, 3.8) is 0 Å². The molecule has 1 amide bonds. The van der Waals surface area contributed by atoms with Gasteiger partial charge < -0.3 is 15.0 Å². The van der Waals surface area contributed by atoms with Crippen LogP contribution >= 0.6 is 0 Å². The zero-order chi connectivity index (χ0) is 20.5. The normalized spacial score (nSPS) is 11.6. The standard InChI is InChI=1S/C23H30N2O3/c1-5-17(4)18-8-12-20(13-9-18)24-22(26)16-28-23(27)19-10-14-21(15-11-19)25(6-2)7-3/h8-15,17H,5-7,16H2,1-4H3,(H,24,26)/t17-/m0/s1. The zero-order valence-electron chi connectivity index (χ0n) is 17.2. The third kappa shape index (κ3) is 5.84. The second-order valence-electron chi connectivity index (χ2n) is 6.77. The fraction of sp³-hybridized carbons (Fsp3) is 0.391. The van der Waals surface area contributed by atoms with Gasteiger partial charge in [-0.2, -0.15) is 0 Å². The van der Waals surface area contributed by atoms with Crippen LogP contribution in [-0.4, -0.2) is 31.6 Å². The second-order valence-corrected chi connectivity index (χ2v) is 6.77. The smallest absolute Gasteiger partial charge is 0.338 e. The number of carbonyl (C=O) groups is 2. The van der Waals surface area contributed by atoms with Crippen LogP contribution in [0.2, 0.25) is 0 Å². The minimum Gasteiger partial charge on any atom is -0.452 e. The van der Waals surface area contributed by atoms with Gasteiger partial charge in [-0.3, -0.25) is 4.79 Å². The van der Waals surface area contributed by atoms with Crippen LogP contribution in [0.5, 0.6) is 0 Å². The number of carbonyl (C=O) groups excluding carboxylic acids is 2. The van der Waals surface area contributed by atoms with Crippen LogP contribution in [0.3, 0.4) is 0 Å². The molecule has 0 saturated heterocycles. The molecule has 0 aromatic heterocycles. The highest BCUT2D eigenvalue weighted by molar-refractivity contribution is 5.95. The first-order chi connectivity index (χ1) is 13.5. The molecule has 0 heterocycles. The highest BCUT2D eigenvalue weighted by Crippen LogP contribution is 2.20. The molecule has 1 atom stereocenters. The Labute approximate surface area is 167 Å². The van der Waals surface area contributed by atoms with Crippen molar-refractivity contribution in [2.45, 2.75) is 40.0 Å². The van der Waals surface area contributed by atoms with Crippen molar-refractivity contribution >= 4 is 23.3 Å². The molecule has 28 heavy (non-hydrogen) atoms. The molecule has 0 unspecified atom stereocenters. The van der Waals surface area contributed by atoms with E-state index in [9.17, 15) is 9.59 Å². The summed E-state index contributed by atoms with van der Waals surface area (Å²) in [5, 5.41) is 2.75. The summed E-state index contributed by atoms with van der Waals surface area (Å²) >= 11 is 0. The van der Waals surface area contributed by atoms with Crippen LogP contribution in [0.25, 0.3) is 0 Å². The zero-order valence-corrected chi connectivity index (χ0v) is 17.2. The van der Waals surface area contributed by atoms with Crippen LogP contribution in [0.1, 0.15) is 56.0 Å². The van der Waals surface area contributed by atoms with Gasteiger partial charge in [0.15, 0.2) is 6.61 Å². The van der Waals surface area contributed by atoms with Gasteiger partial charge in [0.25, 0.3) is 5.91 Å². The van der Waals surface area contributed by atoms with Crippen molar-refractivity contribution in [1.29, 1.82) is 0 Å². The number of amides is 1. The van der Waals surface area contributed by atoms with E-state index in [1.54, 1.807) is 12.1 Å². The van der Waals surface area contributed by atoms with Crippen LogP contribution in [0.15, 0.2) is 48.5 Å². The first-order valence-electron chi connectivity index (χ1n) is 9.90. The molecular weight excluding hydrogens is 352 g/mol. The summed E-state index contributed by atoms with van der Waals surface area (Å²) in [7, 11) is 0. The van der Waals surface area contributed by atoms with Crippen LogP contribution in [0, 0.1) is 0 Å². The van der Waals surface area contributed by atoms with E-state index < -0.39 is 5.97 Å². The fourth-order valence-corrected chi connectivity index (χ4v) is 2.94. The van der Waals surface area contributed by atoms with E-state index in [-0.39, 0.29) is 12.5 Å². The van der Waals surface area contributed by atoms with E-state index in [0.29, 0.717) is 17.2 Å². The number of nitrogens with one attached hydrogen (secondary N) is 1. The Kier molecular flexibility index (Phi) is 8.05. The summed E-state index contributed by atoms with van der Waals surface area (Å²) in [5.41, 5.74) is 3.42. The number of hydrogen-bond donors (Lipinski definition) is 1. The average Bonchev–Trinajstić information content (AvgIpc) is 2.73. The summed E-state index contributed by atoms with van der Waals surface area (Å²) in [6.07, 6.45) is 1.07. The molecule has 0 saturated carbocycles. The van der Waals surface area contributed by atoms with Gasteiger partial charge >= 0.3 is 5.97 Å². The van der Waals surface area contributed by atoms with Gasteiger partial charge in [-0.15, -0.1) is 0 Å². The maximum Gasteiger partial charge on any atom is 0.338 e. The topological polar surface area (TPSA) is 58.6 Å². The predicted molar refractivity (Wildman–Crippen MR) is 114 cm³/mol. The van der Waals surface area contributed by atoms with Crippen molar-refractivity contribution < 1.29 is 14.3 Å². The van der Waals surface area contributed by atoms with Gasteiger partial charge in [0.05, 0.1) is 5.56 Å². The molecule has 2 aromatic carbocycles. The number of rotatable bonds is 9. The number of benzene rings is 2. The SMILES string of the molecule is CC[C@H](C)c1ccc(NC(=O)COC(=O)c2ccc(N(CC)CC)cc2)cc1. The molecule has 0 aliphatic heterocycles.